The van der Waals surface area contributed by atoms with Crippen LogP contribution in [0, 0.1) is 0 Å². The van der Waals surface area contributed by atoms with E-state index in [-0.39, 0.29) is 0 Å². The van der Waals surface area contributed by atoms with Crippen LogP contribution in [0.25, 0.3) is 0 Å². The van der Waals surface area contributed by atoms with Gasteiger partial charge in [0.05, 0.1) is 0 Å². The second-order valence-corrected chi connectivity index (χ2v) is 3.57. The monoisotopic (exact) mass is 188 g/mol. The van der Waals surface area contributed by atoms with E-state index in [1.54, 1.807) is 0 Å². The molecule has 0 radical (unpaired) electrons. The molecular formula is C14H20. The number of hydrogen-bond acceptors (Lipinski definition) is 0. The van der Waals surface area contributed by atoms with Crippen molar-refractivity contribution in [2.75, 3.05) is 0 Å². The third-order valence-corrected chi connectivity index (χ3v) is 2.26. The molecule has 0 heterocycles. The molecule has 0 nitrogen and oxygen atoms in total. The molecule has 14 heavy (non-hydrogen) atoms. The van der Waals surface area contributed by atoms with E-state index >= 15 is 0 Å². The minimum Gasteiger partial charge on any atom is -0.0885 e. The summed E-state index contributed by atoms with van der Waals surface area (Å²) in [7, 11) is 0. The zero-order valence-corrected chi connectivity index (χ0v) is 8.86. The van der Waals surface area contributed by atoms with Crippen LogP contribution in [0.5, 0.6) is 0 Å². The maximum Gasteiger partial charge on any atom is -0.0313 e. The van der Waals surface area contributed by atoms with E-state index in [0.717, 1.165) is 6.42 Å². The van der Waals surface area contributed by atoms with Crippen LogP contribution in [-0.2, 0) is 0 Å². The van der Waals surface area contributed by atoms with Gasteiger partial charge in [0.15, 0.2) is 0 Å². The van der Waals surface area contributed by atoms with Crippen LogP contribution in [0.3, 0.4) is 0 Å². The van der Waals surface area contributed by atoms with E-state index in [0.29, 0.717) is 0 Å². The van der Waals surface area contributed by atoms with Crippen LogP contribution >= 0.6 is 0 Å². The van der Waals surface area contributed by atoms with Gasteiger partial charge < -0.3 is 0 Å². The third-order valence-electron chi connectivity index (χ3n) is 2.26. The Morgan fingerprint density at radius 1 is 0.429 bits per heavy atom. The fourth-order valence-electron chi connectivity index (χ4n) is 1.43. The van der Waals surface area contributed by atoms with Crippen LogP contribution in [0.4, 0.5) is 0 Å². The molecule has 0 aliphatic heterocycles. The van der Waals surface area contributed by atoms with Crippen molar-refractivity contribution >= 4 is 0 Å². The summed E-state index contributed by atoms with van der Waals surface area (Å²) < 4.78 is 0. The summed E-state index contributed by atoms with van der Waals surface area (Å²) in [6.45, 7) is 0. The van der Waals surface area contributed by atoms with Gasteiger partial charge in [0.1, 0.15) is 0 Å². The standard InChI is InChI=1S/C14H20/c1-2-4-6-8-10-12-14-13-11-9-7-5-3-1/h1-6,11,13H,7-10,12,14H2/b2-1-,5-3+,6-4?,13-11+. The lowest BCUT2D eigenvalue weighted by molar-refractivity contribution is 0.760. The van der Waals surface area contributed by atoms with Crippen molar-refractivity contribution in [1.82, 2.24) is 0 Å². The van der Waals surface area contributed by atoms with Crippen LogP contribution in [-0.4, -0.2) is 0 Å². The first kappa shape index (κ1) is 11.0. The van der Waals surface area contributed by atoms with Gasteiger partial charge in [-0.2, -0.15) is 0 Å². The maximum atomic E-state index is 2.32. The van der Waals surface area contributed by atoms with E-state index in [1.165, 1.54) is 32.1 Å². The molecule has 0 aromatic rings. The summed E-state index contributed by atoms with van der Waals surface area (Å²) in [4.78, 5) is 0. The molecule has 0 aromatic carbocycles. The molecule has 0 saturated heterocycles. The Kier molecular flexibility index (Phi) is 6.74. The molecule has 0 heteroatoms. The van der Waals surface area contributed by atoms with Gasteiger partial charge in [-0.25, -0.2) is 0 Å². The zero-order chi connectivity index (χ0) is 9.90. The average Bonchev–Trinajstić information content (AvgIpc) is 2.22. The molecule has 0 unspecified atom stereocenters. The molecule has 1 aliphatic rings. The van der Waals surface area contributed by atoms with Gasteiger partial charge in [-0.3, -0.25) is 0 Å². The van der Waals surface area contributed by atoms with Gasteiger partial charge in [-0.15, -0.1) is 0 Å². The molecule has 0 atom stereocenters. The number of hydrogen-bond donors (Lipinski definition) is 0. The van der Waals surface area contributed by atoms with E-state index in [2.05, 4.69) is 48.6 Å². The summed E-state index contributed by atoms with van der Waals surface area (Å²) in [6.07, 6.45) is 25.0. The summed E-state index contributed by atoms with van der Waals surface area (Å²) in [5, 5.41) is 0. The Morgan fingerprint density at radius 3 is 1.71 bits per heavy atom. The molecule has 1 aliphatic carbocycles. The van der Waals surface area contributed by atoms with Gasteiger partial charge in [0.2, 0.25) is 0 Å². The predicted octanol–water partition coefficient (Wildman–Crippen LogP) is 4.57. The highest BCUT2D eigenvalue weighted by atomic mass is 13.9. The molecule has 0 N–H and O–H groups in total. The quantitative estimate of drug-likeness (QED) is 0.489. The molecule has 0 aromatic heterocycles. The fraction of sp³-hybridized carbons (Fsp3) is 0.429. The summed E-state index contributed by atoms with van der Waals surface area (Å²) in [6, 6.07) is 0. The topological polar surface area (TPSA) is 0 Å². The Morgan fingerprint density at radius 2 is 0.929 bits per heavy atom. The average molecular weight is 188 g/mol. The van der Waals surface area contributed by atoms with E-state index in [9.17, 15) is 0 Å². The first-order valence-electron chi connectivity index (χ1n) is 5.63. The first-order valence-corrected chi connectivity index (χ1v) is 5.63. The SMILES string of the molecule is C1=CCCCC/C=C/CC/C=C/C=C\1. The second-order valence-electron chi connectivity index (χ2n) is 3.57. The minimum absolute atomic E-state index is 1.16. The minimum atomic E-state index is 1.16. The van der Waals surface area contributed by atoms with Crippen LogP contribution in [0.15, 0.2) is 48.6 Å². The van der Waals surface area contributed by atoms with Crippen molar-refractivity contribution in [3.63, 3.8) is 0 Å². The van der Waals surface area contributed by atoms with Crippen molar-refractivity contribution in [2.45, 2.75) is 38.5 Å². The number of rotatable bonds is 0. The second kappa shape index (κ2) is 8.55. The molecule has 1 rings (SSSR count). The van der Waals surface area contributed by atoms with Crippen molar-refractivity contribution in [3.05, 3.63) is 48.6 Å². The Bertz CT molecular complexity index is 228. The summed E-state index contributed by atoms with van der Waals surface area (Å²) >= 11 is 0. The Balaban J connectivity index is 2.35. The zero-order valence-electron chi connectivity index (χ0n) is 8.86. The van der Waals surface area contributed by atoms with Crippen molar-refractivity contribution in [3.8, 4) is 0 Å². The Hall–Kier alpha value is -1.04. The Labute approximate surface area is 87.7 Å². The highest BCUT2D eigenvalue weighted by molar-refractivity contribution is 5.11. The third kappa shape index (κ3) is 6.47. The summed E-state index contributed by atoms with van der Waals surface area (Å²) in [5.74, 6) is 0. The van der Waals surface area contributed by atoms with Gasteiger partial charge in [0, 0.05) is 0 Å². The van der Waals surface area contributed by atoms with Crippen LogP contribution in [0.1, 0.15) is 38.5 Å². The van der Waals surface area contributed by atoms with Crippen LogP contribution < -0.4 is 0 Å². The molecule has 0 amide bonds. The van der Waals surface area contributed by atoms with Gasteiger partial charge in [-0.05, 0) is 38.5 Å². The van der Waals surface area contributed by atoms with E-state index < -0.39 is 0 Å². The smallest absolute Gasteiger partial charge is 0.0313 e. The van der Waals surface area contributed by atoms with Crippen molar-refractivity contribution < 1.29 is 0 Å². The van der Waals surface area contributed by atoms with Gasteiger partial charge >= 0.3 is 0 Å². The number of allylic oxidation sites excluding steroid dienone is 8. The van der Waals surface area contributed by atoms with E-state index in [1.807, 2.05) is 0 Å². The first-order chi connectivity index (χ1) is 7.00. The molecule has 0 fully saturated rings. The fourth-order valence-corrected chi connectivity index (χ4v) is 1.43. The molecule has 0 bridgehead atoms. The van der Waals surface area contributed by atoms with Gasteiger partial charge in [0.25, 0.3) is 0 Å². The maximum absolute atomic E-state index is 2.32. The van der Waals surface area contributed by atoms with E-state index in [4.69, 9.17) is 0 Å². The lowest BCUT2D eigenvalue weighted by Crippen LogP contribution is -1.73. The molecule has 76 valence electrons. The lowest BCUT2D eigenvalue weighted by Gasteiger charge is -1.93. The molecule has 0 spiro atoms. The normalized spacial score (nSPS) is 26.3. The summed E-state index contributed by atoms with van der Waals surface area (Å²) in [5.41, 5.74) is 0. The molecular weight excluding hydrogens is 168 g/mol. The predicted molar refractivity (Wildman–Crippen MR) is 64.3 cm³/mol. The van der Waals surface area contributed by atoms with Crippen LogP contribution in [0.2, 0.25) is 0 Å². The lowest BCUT2D eigenvalue weighted by atomic mass is 10.1. The van der Waals surface area contributed by atoms with Crippen molar-refractivity contribution in [2.24, 2.45) is 0 Å². The molecule has 0 saturated carbocycles. The highest BCUT2D eigenvalue weighted by Gasteiger charge is 1.83. The highest BCUT2D eigenvalue weighted by Crippen LogP contribution is 2.03. The van der Waals surface area contributed by atoms with Crippen molar-refractivity contribution in [1.29, 1.82) is 0 Å². The largest absolute Gasteiger partial charge is 0.0885 e. The van der Waals surface area contributed by atoms with Gasteiger partial charge in [-0.1, -0.05) is 48.6 Å².